The van der Waals surface area contributed by atoms with E-state index in [1.54, 1.807) is 6.92 Å². The second kappa shape index (κ2) is 15.3. The number of alkyl halides is 2. The summed E-state index contributed by atoms with van der Waals surface area (Å²) in [6.07, 6.45) is 11.2. The summed E-state index contributed by atoms with van der Waals surface area (Å²) in [6, 6.07) is 6.45. The summed E-state index contributed by atoms with van der Waals surface area (Å²) in [7, 11) is 0. The molecule has 254 valence electrons. The fourth-order valence-electron chi connectivity index (χ4n) is 7.72. The first-order chi connectivity index (χ1) is 22.5. The van der Waals surface area contributed by atoms with Crippen LogP contribution in [0.4, 0.5) is 30.7 Å². The monoisotopic (exact) mass is 660 g/mol. The molecule has 47 heavy (non-hydrogen) atoms. The molecule has 3 aromatic rings. The Morgan fingerprint density at radius 2 is 1.34 bits per heavy atom. The fourth-order valence-corrected chi connectivity index (χ4v) is 7.72. The van der Waals surface area contributed by atoms with Crippen LogP contribution in [0.15, 0.2) is 54.6 Å². The van der Waals surface area contributed by atoms with Crippen molar-refractivity contribution >= 4 is 0 Å². The average Bonchev–Trinajstić information content (AvgIpc) is 3.02. The zero-order valence-electron chi connectivity index (χ0n) is 27.0. The number of halogens is 7. The summed E-state index contributed by atoms with van der Waals surface area (Å²) in [5.41, 5.74) is -1.69. The minimum Gasteiger partial charge on any atom is -0.429 e. The van der Waals surface area contributed by atoms with Crippen LogP contribution < -0.4 is 4.74 Å². The van der Waals surface area contributed by atoms with Crippen molar-refractivity contribution in [2.75, 3.05) is 0 Å². The molecule has 2 saturated carbocycles. The Kier molecular flexibility index (Phi) is 11.4. The molecule has 0 amide bonds. The molecule has 0 aliphatic heterocycles. The summed E-state index contributed by atoms with van der Waals surface area (Å²) >= 11 is 0. The van der Waals surface area contributed by atoms with Gasteiger partial charge in [0.2, 0.25) is 0 Å². The molecule has 2 aliphatic carbocycles. The van der Waals surface area contributed by atoms with Gasteiger partial charge in [-0.2, -0.15) is 8.78 Å². The van der Waals surface area contributed by atoms with Gasteiger partial charge < -0.3 is 4.74 Å². The Bertz CT molecular complexity index is 1500. The van der Waals surface area contributed by atoms with E-state index in [1.807, 2.05) is 6.92 Å². The van der Waals surface area contributed by atoms with Crippen molar-refractivity contribution in [2.24, 2.45) is 17.8 Å². The molecule has 0 heterocycles. The van der Waals surface area contributed by atoms with Crippen LogP contribution in [0.1, 0.15) is 107 Å². The van der Waals surface area contributed by atoms with Crippen LogP contribution in [-0.2, 0) is 12.5 Å². The van der Waals surface area contributed by atoms with E-state index in [4.69, 9.17) is 0 Å². The summed E-state index contributed by atoms with van der Waals surface area (Å²) in [4.78, 5) is 0. The highest BCUT2D eigenvalue weighted by Crippen LogP contribution is 2.46. The van der Waals surface area contributed by atoms with Crippen LogP contribution >= 0.6 is 0 Å². The van der Waals surface area contributed by atoms with E-state index in [9.17, 15) is 13.2 Å². The van der Waals surface area contributed by atoms with Crippen LogP contribution in [0, 0.1) is 46.8 Å². The summed E-state index contributed by atoms with van der Waals surface area (Å²) in [5, 5.41) is 0. The lowest BCUT2D eigenvalue weighted by atomic mass is 9.68. The minimum atomic E-state index is -4.45. The van der Waals surface area contributed by atoms with Crippen LogP contribution in [-0.4, -0.2) is 0 Å². The Morgan fingerprint density at radius 1 is 0.745 bits per heavy atom. The van der Waals surface area contributed by atoms with E-state index in [2.05, 4.69) is 16.9 Å². The van der Waals surface area contributed by atoms with Gasteiger partial charge in [0.1, 0.15) is 40.4 Å². The van der Waals surface area contributed by atoms with Gasteiger partial charge in [0.05, 0.1) is 0 Å². The number of ether oxygens (including phenoxy) is 1. The Balaban J connectivity index is 1.22. The maximum Gasteiger partial charge on any atom is 0.432 e. The number of benzene rings is 3. The second-order valence-electron chi connectivity index (χ2n) is 13.3. The van der Waals surface area contributed by atoms with Gasteiger partial charge in [-0.25, -0.2) is 22.0 Å². The van der Waals surface area contributed by atoms with Gasteiger partial charge in [0.15, 0.2) is 0 Å². The predicted octanol–water partition coefficient (Wildman–Crippen LogP) is 12.6. The SMILES string of the molecule is CC=CCCC1CCC(C2CCC(c3cc(F)c(C(F)(F)Oc4ccc(-c5cc(F)c(CCC)c(F)c5)c(F)c4)c(F)c3)CC2)CC1. The van der Waals surface area contributed by atoms with Crippen molar-refractivity contribution in [3.63, 3.8) is 0 Å². The molecular weight excluding hydrogens is 617 g/mol. The molecule has 3 aromatic carbocycles. The van der Waals surface area contributed by atoms with E-state index in [0.29, 0.717) is 29.9 Å². The summed E-state index contributed by atoms with van der Waals surface area (Å²) < 4.78 is 109. The molecule has 0 aromatic heterocycles. The Labute approximate surface area is 273 Å². The smallest absolute Gasteiger partial charge is 0.429 e. The van der Waals surface area contributed by atoms with Gasteiger partial charge in [-0.3, -0.25) is 0 Å². The van der Waals surface area contributed by atoms with Gasteiger partial charge in [-0.15, -0.1) is 0 Å². The van der Waals surface area contributed by atoms with Gasteiger partial charge in [0.25, 0.3) is 0 Å². The molecule has 0 saturated heterocycles. The van der Waals surface area contributed by atoms with Gasteiger partial charge in [-0.05, 0) is 136 Å². The van der Waals surface area contributed by atoms with Crippen molar-refractivity contribution in [3.05, 3.63) is 100 Å². The van der Waals surface area contributed by atoms with Crippen molar-refractivity contribution in [3.8, 4) is 16.9 Å². The highest BCUT2D eigenvalue weighted by molar-refractivity contribution is 5.65. The molecule has 0 bridgehead atoms. The first-order valence-electron chi connectivity index (χ1n) is 17.0. The van der Waals surface area contributed by atoms with Crippen molar-refractivity contribution in [1.82, 2.24) is 0 Å². The molecule has 0 unspecified atom stereocenters. The summed E-state index contributed by atoms with van der Waals surface area (Å²) in [5.74, 6) is -4.42. The highest BCUT2D eigenvalue weighted by atomic mass is 19.3. The van der Waals surface area contributed by atoms with E-state index in [-0.39, 0.29) is 29.0 Å². The Morgan fingerprint density at radius 3 is 1.89 bits per heavy atom. The lowest BCUT2D eigenvalue weighted by Crippen LogP contribution is -2.27. The van der Waals surface area contributed by atoms with Crippen LogP contribution in [0.25, 0.3) is 11.1 Å². The molecule has 0 N–H and O–H groups in total. The van der Waals surface area contributed by atoms with Gasteiger partial charge in [0, 0.05) is 17.2 Å². The second-order valence-corrected chi connectivity index (χ2v) is 13.3. The zero-order valence-corrected chi connectivity index (χ0v) is 27.0. The largest absolute Gasteiger partial charge is 0.432 e. The highest BCUT2D eigenvalue weighted by Gasteiger charge is 2.42. The van der Waals surface area contributed by atoms with Crippen molar-refractivity contribution in [1.29, 1.82) is 0 Å². The maximum atomic E-state index is 15.2. The topological polar surface area (TPSA) is 9.23 Å². The molecular formula is C39H43F7O. The predicted molar refractivity (Wildman–Crippen MR) is 171 cm³/mol. The third-order valence-electron chi connectivity index (χ3n) is 10.3. The van der Waals surface area contributed by atoms with Crippen LogP contribution in [0.3, 0.4) is 0 Å². The van der Waals surface area contributed by atoms with Crippen LogP contribution in [0.2, 0.25) is 0 Å². The van der Waals surface area contributed by atoms with Gasteiger partial charge >= 0.3 is 6.11 Å². The molecule has 0 spiro atoms. The Hall–Kier alpha value is -3.29. The van der Waals surface area contributed by atoms with E-state index >= 15 is 17.6 Å². The maximum absolute atomic E-state index is 15.2. The number of hydrogen-bond donors (Lipinski definition) is 0. The van der Waals surface area contributed by atoms with E-state index in [0.717, 1.165) is 74.4 Å². The summed E-state index contributed by atoms with van der Waals surface area (Å²) in [6.45, 7) is 3.81. The molecule has 1 nitrogen and oxygen atoms in total. The third-order valence-corrected chi connectivity index (χ3v) is 10.3. The number of rotatable bonds is 11. The normalized spacial score (nSPS) is 22.1. The van der Waals surface area contributed by atoms with Crippen LogP contribution in [0.5, 0.6) is 5.75 Å². The minimum absolute atomic E-state index is 0.122. The molecule has 5 rings (SSSR count). The van der Waals surface area contributed by atoms with E-state index < -0.39 is 46.5 Å². The van der Waals surface area contributed by atoms with Crippen molar-refractivity contribution in [2.45, 2.75) is 103 Å². The molecule has 2 fully saturated rings. The fraction of sp³-hybridized carbons (Fsp3) is 0.487. The first kappa shape index (κ1) is 35.0. The van der Waals surface area contributed by atoms with Crippen molar-refractivity contribution < 1.29 is 35.5 Å². The number of hydrogen-bond acceptors (Lipinski definition) is 1. The molecule has 8 heteroatoms. The molecule has 2 aliphatic rings. The number of allylic oxidation sites excluding steroid dienone is 2. The lowest BCUT2D eigenvalue weighted by molar-refractivity contribution is -0.189. The standard InChI is InChI=1S/C39H43F7O/c1-3-5-6-8-24-9-11-25(12-10-24)26-13-15-27(16-14-26)28-19-36(43)38(37(44)20-28)39(45,46)47-30-17-18-31(35(42)23-30)29-21-33(40)32(7-4-2)34(41)22-29/h3,5,17-27H,4,6-16H2,1-2H3. The quantitative estimate of drug-likeness (QED) is 0.147. The lowest BCUT2D eigenvalue weighted by Gasteiger charge is -2.38. The van der Waals surface area contributed by atoms with E-state index in [1.165, 1.54) is 32.1 Å². The van der Waals surface area contributed by atoms with Gasteiger partial charge in [-0.1, -0.05) is 38.3 Å². The molecule has 0 atom stereocenters. The zero-order chi connectivity index (χ0) is 33.7. The first-order valence-corrected chi connectivity index (χ1v) is 17.0. The average molecular weight is 661 g/mol. The molecule has 0 radical (unpaired) electrons. The third kappa shape index (κ3) is 8.24.